The van der Waals surface area contributed by atoms with Crippen molar-refractivity contribution in [3.8, 4) is 0 Å². The number of likely N-dealkylation sites (tertiary alicyclic amines) is 1. The van der Waals surface area contributed by atoms with Gasteiger partial charge in [0.15, 0.2) is 15.6 Å². The van der Waals surface area contributed by atoms with E-state index in [-0.39, 0.29) is 34.1 Å². The summed E-state index contributed by atoms with van der Waals surface area (Å²) >= 11 is 0. The first-order valence-electron chi connectivity index (χ1n) is 8.85. The van der Waals surface area contributed by atoms with Crippen LogP contribution >= 0.6 is 0 Å². The van der Waals surface area contributed by atoms with E-state index in [0.29, 0.717) is 6.54 Å². The Balaban J connectivity index is 1.52. The van der Waals surface area contributed by atoms with Crippen LogP contribution in [0.25, 0.3) is 0 Å². The number of carbonyl (C=O) groups excluding carboxylic acids is 1. The zero-order valence-electron chi connectivity index (χ0n) is 14.7. The number of nitrogens with zero attached hydrogens (tertiary/aromatic N) is 1. The maximum atomic E-state index is 12.9. The van der Waals surface area contributed by atoms with Crippen molar-refractivity contribution in [2.75, 3.05) is 6.54 Å². The first-order valence-corrected chi connectivity index (χ1v) is 10.5. The topological polar surface area (TPSA) is 83.4 Å². The quantitative estimate of drug-likeness (QED) is 0.729. The highest BCUT2D eigenvalue weighted by molar-refractivity contribution is 7.90. The maximum Gasteiger partial charge on any atom is 0.290 e. The minimum absolute atomic E-state index is 0.00546. The highest BCUT2D eigenvalue weighted by Gasteiger charge is 2.32. The van der Waals surface area contributed by atoms with Gasteiger partial charge < -0.3 is 14.3 Å². The van der Waals surface area contributed by atoms with E-state index >= 15 is 0 Å². The molecule has 27 heavy (non-hydrogen) atoms. The van der Waals surface area contributed by atoms with Crippen molar-refractivity contribution in [2.24, 2.45) is 0 Å². The van der Waals surface area contributed by atoms with Crippen LogP contribution in [0.2, 0.25) is 0 Å². The molecule has 0 bridgehead atoms. The Labute approximate surface area is 157 Å². The zero-order valence-corrected chi connectivity index (χ0v) is 15.5. The van der Waals surface area contributed by atoms with E-state index in [1.165, 1.54) is 0 Å². The molecule has 1 aliphatic heterocycles. The number of sulfone groups is 1. The molecule has 0 saturated carbocycles. The van der Waals surface area contributed by atoms with Crippen LogP contribution in [0.4, 0.5) is 0 Å². The number of nitrogens with one attached hydrogen (secondary N) is 1. The third-order valence-electron chi connectivity index (χ3n) is 4.80. The van der Waals surface area contributed by atoms with Gasteiger partial charge in [0.25, 0.3) is 5.91 Å². The highest BCUT2D eigenvalue weighted by atomic mass is 32.2. The minimum Gasteiger partial charge on any atom is -0.455 e. The van der Waals surface area contributed by atoms with Crippen LogP contribution in [-0.4, -0.2) is 30.8 Å². The monoisotopic (exact) mass is 384 g/mol. The van der Waals surface area contributed by atoms with Gasteiger partial charge in [-0.3, -0.25) is 4.79 Å². The number of rotatable bonds is 5. The Bertz CT molecular complexity index is 1020. The molecule has 1 fully saturated rings. The summed E-state index contributed by atoms with van der Waals surface area (Å²) in [7, 11) is -3.51. The molecule has 7 heteroatoms. The molecule has 2 aromatic heterocycles. The third-order valence-corrected chi connectivity index (χ3v) is 6.46. The molecule has 1 N–H and O–H groups in total. The van der Waals surface area contributed by atoms with Crippen LogP contribution in [0.5, 0.6) is 0 Å². The van der Waals surface area contributed by atoms with E-state index in [1.54, 1.807) is 47.4 Å². The molecule has 4 rings (SSSR count). The summed E-state index contributed by atoms with van der Waals surface area (Å²) in [6.45, 7) is 0.654. The molecule has 0 radical (unpaired) electrons. The van der Waals surface area contributed by atoms with Crippen LogP contribution in [0.15, 0.2) is 70.1 Å². The largest absolute Gasteiger partial charge is 0.455 e. The van der Waals surface area contributed by atoms with Crippen molar-refractivity contribution in [3.05, 3.63) is 78.0 Å². The molecule has 3 aromatic rings. The molecule has 0 aliphatic carbocycles. The predicted octanol–water partition coefficient (Wildman–Crippen LogP) is 3.56. The lowest BCUT2D eigenvalue weighted by Crippen LogP contribution is -2.30. The number of H-pyrrole nitrogens is 1. The summed E-state index contributed by atoms with van der Waals surface area (Å²) in [5, 5.41) is 0. The molecule has 1 atom stereocenters. The summed E-state index contributed by atoms with van der Waals surface area (Å²) in [5.74, 6) is -0.0512. The first kappa shape index (κ1) is 17.6. The van der Waals surface area contributed by atoms with Crippen molar-refractivity contribution in [3.63, 3.8) is 0 Å². The van der Waals surface area contributed by atoms with Gasteiger partial charge in [0, 0.05) is 18.4 Å². The second-order valence-corrected chi connectivity index (χ2v) is 8.61. The summed E-state index contributed by atoms with van der Waals surface area (Å²) in [6, 6.07) is 15.2. The Hall–Kier alpha value is -2.80. The number of hydrogen-bond donors (Lipinski definition) is 1. The lowest BCUT2D eigenvalue weighted by atomic mass is 10.1. The summed E-state index contributed by atoms with van der Waals surface area (Å²) < 4.78 is 30.6. The second kappa shape index (κ2) is 7.08. The van der Waals surface area contributed by atoms with Crippen molar-refractivity contribution < 1.29 is 17.6 Å². The Kier molecular flexibility index (Phi) is 4.61. The number of aromatic amines is 1. The Morgan fingerprint density at radius 2 is 1.93 bits per heavy atom. The van der Waals surface area contributed by atoms with Gasteiger partial charge in [0.2, 0.25) is 0 Å². The first-order chi connectivity index (χ1) is 13.0. The lowest BCUT2D eigenvalue weighted by Gasteiger charge is -2.22. The number of carbonyl (C=O) groups is 1. The molecule has 6 nitrogen and oxygen atoms in total. The van der Waals surface area contributed by atoms with E-state index in [0.717, 1.165) is 18.5 Å². The van der Waals surface area contributed by atoms with Gasteiger partial charge in [-0.25, -0.2) is 8.42 Å². The SMILES string of the molecule is O=C(c1ccc(CS(=O)(=O)c2ccccc2)o1)N1CCC[C@@H]1c1ccc[nH]1. The molecule has 1 amide bonds. The molecule has 0 spiro atoms. The van der Waals surface area contributed by atoms with Crippen LogP contribution in [-0.2, 0) is 15.6 Å². The average molecular weight is 384 g/mol. The van der Waals surface area contributed by atoms with E-state index in [9.17, 15) is 13.2 Å². The molecular weight excluding hydrogens is 364 g/mol. The maximum absolute atomic E-state index is 12.9. The van der Waals surface area contributed by atoms with E-state index in [4.69, 9.17) is 4.42 Å². The number of aromatic nitrogens is 1. The Morgan fingerprint density at radius 3 is 2.67 bits per heavy atom. The van der Waals surface area contributed by atoms with Gasteiger partial charge in [0.05, 0.1) is 10.9 Å². The number of furan rings is 1. The molecule has 1 aliphatic rings. The van der Waals surface area contributed by atoms with Crippen LogP contribution in [0.1, 0.15) is 40.9 Å². The fraction of sp³-hybridized carbons (Fsp3) is 0.250. The van der Waals surface area contributed by atoms with Crippen molar-refractivity contribution in [2.45, 2.75) is 29.5 Å². The fourth-order valence-corrected chi connectivity index (χ4v) is 4.76. The third kappa shape index (κ3) is 3.55. The summed E-state index contributed by atoms with van der Waals surface area (Å²) in [4.78, 5) is 18.1. The van der Waals surface area contributed by atoms with Gasteiger partial charge in [-0.2, -0.15) is 0 Å². The standard InChI is InChI=1S/C20H20N2O4S/c23-20(22-13-5-9-18(22)17-8-4-12-21-17)19-11-10-15(26-19)14-27(24,25)16-6-2-1-3-7-16/h1-4,6-8,10-12,18,21H,5,9,13-14H2/t18-/m1/s1. The van der Waals surface area contributed by atoms with Crippen LogP contribution < -0.4 is 0 Å². The molecule has 140 valence electrons. The van der Waals surface area contributed by atoms with E-state index in [2.05, 4.69) is 4.98 Å². The predicted molar refractivity (Wildman–Crippen MR) is 99.8 cm³/mol. The average Bonchev–Trinajstić information content (AvgIpc) is 3.42. The van der Waals surface area contributed by atoms with Crippen LogP contribution in [0.3, 0.4) is 0 Å². The highest BCUT2D eigenvalue weighted by Crippen LogP contribution is 2.32. The van der Waals surface area contributed by atoms with Gasteiger partial charge >= 0.3 is 0 Å². The second-order valence-electron chi connectivity index (χ2n) is 6.62. The van der Waals surface area contributed by atoms with Crippen molar-refractivity contribution in [1.82, 2.24) is 9.88 Å². The summed E-state index contributed by atoms with van der Waals surface area (Å²) in [6.07, 6.45) is 3.66. The molecule has 1 aromatic carbocycles. The summed E-state index contributed by atoms with van der Waals surface area (Å²) in [5.41, 5.74) is 0.999. The van der Waals surface area contributed by atoms with Crippen molar-refractivity contribution in [1.29, 1.82) is 0 Å². The Morgan fingerprint density at radius 1 is 1.11 bits per heavy atom. The van der Waals surface area contributed by atoms with Crippen molar-refractivity contribution >= 4 is 15.7 Å². The van der Waals surface area contributed by atoms with Gasteiger partial charge in [0.1, 0.15) is 11.5 Å². The molecule has 0 unspecified atom stereocenters. The molecule has 3 heterocycles. The zero-order chi connectivity index (χ0) is 18.9. The number of hydrogen-bond acceptors (Lipinski definition) is 4. The van der Waals surface area contributed by atoms with Gasteiger partial charge in [-0.15, -0.1) is 0 Å². The van der Waals surface area contributed by atoms with Gasteiger partial charge in [-0.05, 0) is 49.2 Å². The molecule has 1 saturated heterocycles. The van der Waals surface area contributed by atoms with Crippen LogP contribution in [0, 0.1) is 0 Å². The fourth-order valence-electron chi connectivity index (χ4n) is 3.50. The van der Waals surface area contributed by atoms with Gasteiger partial charge in [-0.1, -0.05) is 18.2 Å². The normalized spacial score (nSPS) is 17.3. The molecular formula is C20H20N2O4S. The number of benzene rings is 1. The minimum atomic E-state index is -3.51. The van der Waals surface area contributed by atoms with E-state index in [1.807, 2.05) is 18.3 Å². The number of amides is 1. The smallest absolute Gasteiger partial charge is 0.290 e. The lowest BCUT2D eigenvalue weighted by molar-refractivity contribution is 0.0699. The van der Waals surface area contributed by atoms with E-state index < -0.39 is 9.84 Å².